The van der Waals surface area contributed by atoms with Crippen LogP contribution in [0.2, 0.25) is 0 Å². The first-order valence-corrected chi connectivity index (χ1v) is 10.6. The second kappa shape index (κ2) is 8.19. The summed E-state index contributed by atoms with van der Waals surface area (Å²) < 4.78 is 1.93. The molecule has 1 saturated carbocycles. The Labute approximate surface area is 169 Å². The molecule has 1 heterocycles. The van der Waals surface area contributed by atoms with Crippen molar-refractivity contribution in [2.24, 2.45) is 0 Å². The summed E-state index contributed by atoms with van der Waals surface area (Å²) in [6, 6.07) is 20.2. The Morgan fingerprint density at radius 2 is 1.79 bits per heavy atom. The molecule has 5 nitrogen and oxygen atoms in total. The number of nitrogens with zero attached hydrogens (tertiary/aromatic N) is 4. The molecule has 1 fully saturated rings. The first-order chi connectivity index (χ1) is 13.6. The molecule has 3 aromatic rings. The van der Waals surface area contributed by atoms with Crippen LogP contribution in [-0.2, 0) is 4.79 Å². The third kappa shape index (κ3) is 4.12. The Morgan fingerprint density at radius 3 is 2.43 bits per heavy atom. The molecule has 0 radical (unpaired) electrons. The summed E-state index contributed by atoms with van der Waals surface area (Å²) in [5.74, 6) is 1.90. The monoisotopic (exact) mass is 392 g/mol. The van der Waals surface area contributed by atoms with E-state index in [0.29, 0.717) is 16.8 Å². The fourth-order valence-electron chi connectivity index (χ4n) is 3.13. The third-order valence-corrected chi connectivity index (χ3v) is 5.96. The Morgan fingerprint density at radius 1 is 1.14 bits per heavy atom. The molecule has 0 spiro atoms. The van der Waals surface area contributed by atoms with Gasteiger partial charge in [0.15, 0.2) is 0 Å². The summed E-state index contributed by atoms with van der Waals surface area (Å²) in [5, 5.41) is 5.34. The fourth-order valence-corrected chi connectivity index (χ4v) is 3.88. The Kier molecular flexibility index (Phi) is 5.48. The van der Waals surface area contributed by atoms with Gasteiger partial charge in [0.05, 0.1) is 17.5 Å². The van der Waals surface area contributed by atoms with Crippen molar-refractivity contribution in [1.82, 2.24) is 19.7 Å². The van der Waals surface area contributed by atoms with E-state index in [0.717, 1.165) is 29.9 Å². The van der Waals surface area contributed by atoms with Gasteiger partial charge in [-0.1, -0.05) is 60.3 Å². The van der Waals surface area contributed by atoms with Gasteiger partial charge in [0.2, 0.25) is 11.1 Å². The standard InChI is InChI=1S/C22H24N4OS/c1-16(17-9-5-3-6-10-17)25(2)20(27)15-28-22-23-21(18-13-14-18)26(24-22)19-11-7-4-8-12-19/h3-12,16,18H,13-15H2,1-2H3. The number of benzene rings is 2. The average Bonchev–Trinajstić information content (AvgIpc) is 3.51. The summed E-state index contributed by atoms with van der Waals surface area (Å²) in [6.45, 7) is 2.05. The first kappa shape index (κ1) is 18.7. The van der Waals surface area contributed by atoms with Gasteiger partial charge in [-0.25, -0.2) is 9.67 Å². The Hall–Kier alpha value is -2.60. The maximum absolute atomic E-state index is 12.7. The molecule has 0 saturated heterocycles. The average molecular weight is 393 g/mol. The summed E-state index contributed by atoms with van der Waals surface area (Å²) in [7, 11) is 1.85. The van der Waals surface area contributed by atoms with Crippen LogP contribution in [0.5, 0.6) is 0 Å². The minimum absolute atomic E-state index is 0.0335. The fraction of sp³-hybridized carbons (Fsp3) is 0.318. The van der Waals surface area contributed by atoms with Gasteiger partial charge in [-0.3, -0.25) is 4.79 Å². The minimum Gasteiger partial charge on any atom is -0.338 e. The van der Waals surface area contributed by atoms with Crippen LogP contribution >= 0.6 is 11.8 Å². The van der Waals surface area contributed by atoms with Gasteiger partial charge in [-0.05, 0) is 37.5 Å². The van der Waals surface area contributed by atoms with Crippen LogP contribution in [0.3, 0.4) is 0 Å². The summed E-state index contributed by atoms with van der Waals surface area (Å²) >= 11 is 1.41. The van der Waals surface area contributed by atoms with E-state index in [1.165, 1.54) is 11.8 Å². The predicted molar refractivity (Wildman–Crippen MR) is 112 cm³/mol. The number of rotatable bonds is 7. The molecular formula is C22H24N4OS. The van der Waals surface area contributed by atoms with Crippen molar-refractivity contribution in [2.45, 2.75) is 36.9 Å². The second-order valence-corrected chi connectivity index (χ2v) is 8.10. The normalized spacial score (nSPS) is 14.6. The van der Waals surface area contributed by atoms with Crippen molar-refractivity contribution in [3.8, 4) is 5.69 Å². The van der Waals surface area contributed by atoms with E-state index in [1.54, 1.807) is 4.90 Å². The molecule has 0 N–H and O–H groups in total. The van der Waals surface area contributed by atoms with E-state index in [-0.39, 0.29) is 11.9 Å². The van der Waals surface area contributed by atoms with Crippen LogP contribution < -0.4 is 0 Å². The molecule has 1 atom stereocenters. The molecular weight excluding hydrogens is 368 g/mol. The molecule has 4 rings (SSSR count). The Bertz CT molecular complexity index is 938. The summed E-state index contributed by atoms with van der Waals surface area (Å²) in [5.41, 5.74) is 2.15. The third-order valence-electron chi connectivity index (χ3n) is 5.14. The zero-order chi connectivity index (χ0) is 19.5. The van der Waals surface area contributed by atoms with Crippen molar-refractivity contribution < 1.29 is 4.79 Å². The second-order valence-electron chi connectivity index (χ2n) is 7.15. The number of aromatic nitrogens is 3. The zero-order valence-electron chi connectivity index (χ0n) is 16.2. The summed E-state index contributed by atoms with van der Waals surface area (Å²) in [4.78, 5) is 19.2. The van der Waals surface area contributed by atoms with Crippen molar-refractivity contribution in [3.63, 3.8) is 0 Å². The first-order valence-electron chi connectivity index (χ1n) is 9.59. The zero-order valence-corrected chi connectivity index (χ0v) is 17.0. The lowest BCUT2D eigenvalue weighted by Crippen LogP contribution is -2.31. The number of carbonyl (C=O) groups excluding carboxylic acids is 1. The van der Waals surface area contributed by atoms with Crippen LogP contribution in [-0.4, -0.2) is 38.4 Å². The largest absolute Gasteiger partial charge is 0.338 e. The van der Waals surface area contributed by atoms with E-state index in [1.807, 2.05) is 79.3 Å². The molecule has 1 aliphatic carbocycles. The number of carbonyl (C=O) groups is 1. The smallest absolute Gasteiger partial charge is 0.233 e. The van der Waals surface area contributed by atoms with Crippen molar-refractivity contribution >= 4 is 17.7 Å². The van der Waals surface area contributed by atoms with Gasteiger partial charge in [-0.15, -0.1) is 5.10 Å². The molecule has 1 aliphatic rings. The highest BCUT2D eigenvalue weighted by Gasteiger charge is 2.30. The number of hydrogen-bond donors (Lipinski definition) is 0. The predicted octanol–water partition coefficient (Wildman–Crippen LogP) is 4.46. The SMILES string of the molecule is CC(c1ccccc1)N(C)C(=O)CSc1nc(C2CC2)n(-c2ccccc2)n1. The van der Waals surface area contributed by atoms with Crippen LogP contribution in [0, 0.1) is 0 Å². The molecule has 1 unspecified atom stereocenters. The molecule has 6 heteroatoms. The van der Waals surface area contributed by atoms with Gasteiger partial charge in [0, 0.05) is 13.0 Å². The van der Waals surface area contributed by atoms with Crippen molar-refractivity contribution in [3.05, 3.63) is 72.1 Å². The number of hydrogen-bond acceptors (Lipinski definition) is 4. The van der Waals surface area contributed by atoms with E-state index in [2.05, 4.69) is 5.10 Å². The molecule has 28 heavy (non-hydrogen) atoms. The number of thioether (sulfide) groups is 1. The topological polar surface area (TPSA) is 51.0 Å². The van der Waals surface area contributed by atoms with E-state index >= 15 is 0 Å². The van der Waals surface area contributed by atoms with E-state index in [9.17, 15) is 4.79 Å². The van der Waals surface area contributed by atoms with Crippen LogP contribution in [0.1, 0.15) is 43.1 Å². The maximum Gasteiger partial charge on any atom is 0.233 e. The highest BCUT2D eigenvalue weighted by atomic mass is 32.2. The highest BCUT2D eigenvalue weighted by molar-refractivity contribution is 7.99. The molecule has 144 valence electrons. The quantitative estimate of drug-likeness (QED) is 0.557. The molecule has 0 bridgehead atoms. The molecule has 2 aromatic carbocycles. The highest BCUT2D eigenvalue weighted by Crippen LogP contribution is 2.40. The number of amides is 1. The molecule has 1 aromatic heterocycles. The van der Waals surface area contributed by atoms with Gasteiger partial charge >= 0.3 is 0 Å². The van der Waals surface area contributed by atoms with Gasteiger partial charge in [-0.2, -0.15) is 0 Å². The minimum atomic E-state index is 0.0335. The van der Waals surface area contributed by atoms with E-state index < -0.39 is 0 Å². The number of para-hydroxylation sites is 1. The van der Waals surface area contributed by atoms with Gasteiger partial charge in [0.25, 0.3) is 0 Å². The summed E-state index contributed by atoms with van der Waals surface area (Å²) in [6.07, 6.45) is 2.32. The molecule has 1 amide bonds. The van der Waals surface area contributed by atoms with E-state index in [4.69, 9.17) is 4.98 Å². The molecule has 0 aliphatic heterocycles. The van der Waals surface area contributed by atoms with Crippen LogP contribution in [0.25, 0.3) is 5.69 Å². The lowest BCUT2D eigenvalue weighted by atomic mass is 10.1. The lowest BCUT2D eigenvalue weighted by Gasteiger charge is -2.25. The lowest BCUT2D eigenvalue weighted by molar-refractivity contribution is -0.128. The van der Waals surface area contributed by atoms with Gasteiger partial charge < -0.3 is 4.90 Å². The van der Waals surface area contributed by atoms with Gasteiger partial charge in [0.1, 0.15) is 5.82 Å². The van der Waals surface area contributed by atoms with Crippen LogP contribution in [0.15, 0.2) is 65.8 Å². The van der Waals surface area contributed by atoms with Crippen molar-refractivity contribution in [2.75, 3.05) is 12.8 Å². The maximum atomic E-state index is 12.7. The van der Waals surface area contributed by atoms with Crippen molar-refractivity contribution in [1.29, 1.82) is 0 Å². The van der Waals surface area contributed by atoms with Crippen LogP contribution in [0.4, 0.5) is 0 Å². The Balaban J connectivity index is 1.44.